The van der Waals surface area contributed by atoms with Crippen molar-refractivity contribution >= 4 is 12.4 Å². The van der Waals surface area contributed by atoms with Gasteiger partial charge in [-0.1, -0.05) is 0 Å². The van der Waals surface area contributed by atoms with Crippen LogP contribution in [0.15, 0.2) is 12.3 Å². The highest BCUT2D eigenvalue weighted by Crippen LogP contribution is 2.18. The maximum Gasteiger partial charge on any atom is 0.0524 e. The molecule has 0 bridgehead atoms. The van der Waals surface area contributed by atoms with Gasteiger partial charge in [0.2, 0.25) is 0 Å². The summed E-state index contributed by atoms with van der Waals surface area (Å²) < 4.78 is 2.10. The highest BCUT2D eigenvalue weighted by Gasteiger charge is 2.19. The highest BCUT2D eigenvalue weighted by atomic mass is 35.5. The first kappa shape index (κ1) is 15.5. The lowest BCUT2D eigenvalue weighted by Gasteiger charge is -2.31. The van der Waals surface area contributed by atoms with E-state index >= 15 is 0 Å². The molecule has 1 fully saturated rings. The third-order valence-electron chi connectivity index (χ3n) is 3.69. The van der Waals surface area contributed by atoms with Gasteiger partial charge in [-0.3, -0.25) is 9.58 Å². The van der Waals surface area contributed by atoms with Crippen molar-refractivity contribution in [2.45, 2.75) is 32.9 Å². The molecule has 2 heterocycles. The lowest BCUT2D eigenvalue weighted by Crippen LogP contribution is -2.36. The zero-order valence-electron chi connectivity index (χ0n) is 11.4. The Labute approximate surface area is 116 Å². The van der Waals surface area contributed by atoms with Gasteiger partial charge in [0.15, 0.2) is 0 Å². The summed E-state index contributed by atoms with van der Waals surface area (Å²) in [7, 11) is 2.05. The van der Waals surface area contributed by atoms with E-state index in [4.69, 9.17) is 0 Å². The Bertz CT molecular complexity index is 331. The van der Waals surface area contributed by atoms with E-state index in [-0.39, 0.29) is 12.4 Å². The Hall–Kier alpha value is -0.580. The van der Waals surface area contributed by atoms with Crippen LogP contribution < -0.4 is 5.32 Å². The second kappa shape index (κ2) is 7.77. The molecule has 0 aromatic carbocycles. The minimum absolute atomic E-state index is 0. The molecule has 0 radical (unpaired) electrons. The van der Waals surface area contributed by atoms with E-state index in [9.17, 15) is 0 Å². The molecule has 0 atom stereocenters. The fourth-order valence-corrected chi connectivity index (χ4v) is 2.65. The van der Waals surface area contributed by atoms with Gasteiger partial charge in [0.25, 0.3) is 0 Å². The van der Waals surface area contributed by atoms with Crippen LogP contribution in [0.1, 0.15) is 25.5 Å². The van der Waals surface area contributed by atoms with Gasteiger partial charge < -0.3 is 5.32 Å². The fraction of sp³-hybridized carbons (Fsp3) is 0.769. The number of nitrogens with one attached hydrogen (secondary N) is 1. The van der Waals surface area contributed by atoms with Crippen LogP contribution in [0.25, 0.3) is 0 Å². The topological polar surface area (TPSA) is 33.1 Å². The van der Waals surface area contributed by atoms with E-state index in [1.54, 1.807) is 0 Å². The molecule has 1 saturated heterocycles. The number of hydrogen-bond acceptors (Lipinski definition) is 3. The predicted molar refractivity (Wildman–Crippen MR) is 77.1 cm³/mol. The largest absolute Gasteiger partial charge is 0.319 e. The van der Waals surface area contributed by atoms with E-state index in [2.05, 4.69) is 33.0 Å². The summed E-state index contributed by atoms with van der Waals surface area (Å²) in [5, 5.41) is 7.61. The standard InChI is InChI=1S/C13H24N4.ClH/c1-3-17-13(4-7-15-17)11-16-8-5-12(6-9-16)10-14-2;/h4,7,12,14H,3,5-6,8-11H2,1-2H3;1H. The zero-order valence-corrected chi connectivity index (χ0v) is 12.2. The Kier molecular flexibility index (Phi) is 6.68. The molecule has 18 heavy (non-hydrogen) atoms. The number of nitrogens with zero attached hydrogens (tertiary/aromatic N) is 3. The minimum atomic E-state index is 0. The van der Waals surface area contributed by atoms with Crippen molar-refractivity contribution in [2.24, 2.45) is 5.92 Å². The number of likely N-dealkylation sites (tertiary alicyclic amines) is 1. The molecule has 104 valence electrons. The molecule has 0 amide bonds. The van der Waals surface area contributed by atoms with Gasteiger partial charge in [-0.2, -0.15) is 5.10 Å². The normalized spacial score (nSPS) is 17.7. The average molecular weight is 273 g/mol. The summed E-state index contributed by atoms with van der Waals surface area (Å²) >= 11 is 0. The van der Waals surface area contributed by atoms with Crippen molar-refractivity contribution in [3.05, 3.63) is 18.0 Å². The van der Waals surface area contributed by atoms with Crippen molar-refractivity contribution in [1.82, 2.24) is 20.0 Å². The molecule has 5 heteroatoms. The molecular formula is C13H25ClN4. The third-order valence-corrected chi connectivity index (χ3v) is 3.69. The second-order valence-electron chi connectivity index (χ2n) is 4.92. The average Bonchev–Trinajstić information content (AvgIpc) is 2.79. The summed E-state index contributed by atoms with van der Waals surface area (Å²) in [6.45, 7) is 7.79. The van der Waals surface area contributed by atoms with Gasteiger partial charge in [-0.05, 0) is 58.4 Å². The van der Waals surface area contributed by atoms with Gasteiger partial charge in [-0.25, -0.2) is 0 Å². The minimum Gasteiger partial charge on any atom is -0.319 e. The quantitative estimate of drug-likeness (QED) is 0.887. The first-order valence-electron chi connectivity index (χ1n) is 6.71. The lowest BCUT2D eigenvalue weighted by molar-refractivity contribution is 0.172. The summed E-state index contributed by atoms with van der Waals surface area (Å²) in [4.78, 5) is 2.55. The lowest BCUT2D eigenvalue weighted by atomic mass is 9.97. The molecule has 1 aliphatic rings. The molecule has 0 spiro atoms. The van der Waals surface area contributed by atoms with E-state index in [1.165, 1.54) is 38.2 Å². The van der Waals surface area contributed by atoms with Crippen LogP contribution in [0.3, 0.4) is 0 Å². The third kappa shape index (κ3) is 3.97. The van der Waals surface area contributed by atoms with Crippen LogP contribution in [0, 0.1) is 5.92 Å². The van der Waals surface area contributed by atoms with E-state index < -0.39 is 0 Å². The van der Waals surface area contributed by atoms with Crippen LogP contribution in [-0.4, -0.2) is 41.4 Å². The van der Waals surface area contributed by atoms with Gasteiger partial charge >= 0.3 is 0 Å². The van der Waals surface area contributed by atoms with Crippen LogP contribution in [0.5, 0.6) is 0 Å². The Morgan fingerprint density at radius 1 is 1.39 bits per heavy atom. The summed E-state index contributed by atoms with van der Waals surface area (Å²) in [6, 6.07) is 2.14. The number of halogens is 1. The molecule has 1 aliphatic heterocycles. The number of piperidine rings is 1. The van der Waals surface area contributed by atoms with Crippen LogP contribution in [0.4, 0.5) is 0 Å². The maximum absolute atomic E-state index is 4.32. The highest BCUT2D eigenvalue weighted by molar-refractivity contribution is 5.85. The second-order valence-corrected chi connectivity index (χ2v) is 4.92. The summed E-state index contributed by atoms with van der Waals surface area (Å²) in [6.07, 6.45) is 4.55. The fourth-order valence-electron chi connectivity index (χ4n) is 2.65. The number of aromatic nitrogens is 2. The summed E-state index contributed by atoms with van der Waals surface area (Å²) in [5.74, 6) is 0.868. The van der Waals surface area contributed by atoms with Gasteiger partial charge in [-0.15, -0.1) is 12.4 Å². The molecule has 1 aromatic heterocycles. The monoisotopic (exact) mass is 272 g/mol. The molecule has 4 nitrogen and oxygen atoms in total. The van der Waals surface area contributed by atoms with Crippen molar-refractivity contribution in [3.63, 3.8) is 0 Å². The molecular weight excluding hydrogens is 248 g/mol. The molecule has 0 saturated carbocycles. The van der Waals surface area contributed by atoms with Crippen LogP contribution in [0.2, 0.25) is 0 Å². The van der Waals surface area contributed by atoms with Crippen molar-refractivity contribution < 1.29 is 0 Å². The van der Waals surface area contributed by atoms with Crippen molar-refractivity contribution in [3.8, 4) is 0 Å². The first-order valence-corrected chi connectivity index (χ1v) is 6.71. The molecule has 0 aliphatic carbocycles. The number of aryl methyl sites for hydroxylation is 1. The SMILES string of the molecule is CCn1nccc1CN1CCC(CNC)CC1.Cl. The van der Waals surface area contributed by atoms with E-state index in [0.717, 1.165) is 19.0 Å². The Morgan fingerprint density at radius 3 is 2.72 bits per heavy atom. The van der Waals surface area contributed by atoms with Gasteiger partial charge in [0, 0.05) is 19.3 Å². The van der Waals surface area contributed by atoms with Crippen LogP contribution in [-0.2, 0) is 13.1 Å². The Balaban J connectivity index is 0.00000162. The maximum atomic E-state index is 4.32. The number of hydrogen-bond donors (Lipinski definition) is 1. The van der Waals surface area contributed by atoms with Crippen LogP contribution >= 0.6 is 12.4 Å². The van der Waals surface area contributed by atoms with E-state index in [1.807, 2.05) is 13.2 Å². The van der Waals surface area contributed by atoms with Gasteiger partial charge in [0.1, 0.15) is 0 Å². The van der Waals surface area contributed by atoms with Gasteiger partial charge in [0.05, 0.1) is 5.69 Å². The number of rotatable bonds is 5. The summed E-state index contributed by atoms with van der Waals surface area (Å²) in [5.41, 5.74) is 1.35. The van der Waals surface area contributed by atoms with E-state index in [0.29, 0.717) is 0 Å². The zero-order chi connectivity index (χ0) is 12.1. The Morgan fingerprint density at radius 2 is 2.11 bits per heavy atom. The molecule has 1 N–H and O–H groups in total. The molecule has 0 unspecified atom stereocenters. The van der Waals surface area contributed by atoms with Crippen molar-refractivity contribution in [2.75, 3.05) is 26.7 Å². The molecule has 1 aromatic rings. The van der Waals surface area contributed by atoms with Crippen molar-refractivity contribution in [1.29, 1.82) is 0 Å². The predicted octanol–water partition coefficient (Wildman–Crippen LogP) is 1.76. The smallest absolute Gasteiger partial charge is 0.0524 e. The molecule has 2 rings (SSSR count). The first-order chi connectivity index (χ1) is 8.33.